The van der Waals surface area contributed by atoms with Crippen molar-refractivity contribution in [2.45, 2.75) is 34.6 Å². The van der Waals surface area contributed by atoms with Gasteiger partial charge in [0.05, 0.1) is 22.0 Å². The van der Waals surface area contributed by atoms with E-state index in [0.29, 0.717) is 39.3 Å². The van der Waals surface area contributed by atoms with Crippen LogP contribution in [0.4, 0.5) is 17.1 Å². The second-order valence-electron chi connectivity index (χ2n) is 6.55. The number of aliphatic imine (C=N–C) groups is 1. The molecule has 27 heavy (non-hydrogen) atoms. The highest BCUT2D eigenvalue weighted by Crippen LogP contribution is 2.37. The van der Waals surface area contributed by atoms with Crippen LogP contribution >= 0.6 is 0 Å². The highest BCUT2D eigenvalue weighted by molar-refractivity contribution is 6.71. The molecule has 2 aromatic carbocycles. The van der Waals surface area contributed by atoms with Crippen molar-refractivity contribution in [3.05, 3.63) is 62.7 Å². The maximum atomic E-state index is 12.9. The Labute approximate surface area is 157 Å². The summed E-state index contributed by atoms with van der Waals surface area (Å²) in [6, 6.07) is 9.13. The van der Waals surface area contributed by atoms with E-state index in [2.05, 4.69) is 10.1 Å². The smallest absolute Gasteiger partial charge is 0.265 e. The van der Waals surface area contributed by atoms with Gasteiger partial charge in [-0.1, -0.05) is 18.2 Å². The first-order valence-electron chi connectivity index (χ1n) is 8.52. The van der Waals surface area contributed by atoms with Crippen LogP contribution in [0.3, 0.4) is 0 Å². The topological polar surface area (TPSA) is 88.2 Å². The third kappa shape index (κ3) is 3.01. The second-order valence-corrected chi connectivity index (χ2v) is 6.55. The molecular formula is C20H20N4O3. The van der Waals surface area contributed by atoms with Crippen LogP contribution < -0.4 is 5.01 Å². The molecule has 0 aliphatic carbocycles. The summed E-state index contributed by atoms with van der Waals surface area (Å²) in [5.74, 6) is -0.314. The maximum absolute atomic E-state index is 12.9. The summed E-state index contributed by atoms with van der Waals surface area (Å²) in [4.78, 5) is 28.5. The van der Waals surface area contributed by atoms with Crippen molar-refractivity contribution in [2.24, 2.45) is 10.1 Å². The molecular weight excluding hydrogens is 344 g/mol. The van der Waals surface area contributed by atoms with Gasteiger partial charge in [-0.25, -0.2) is 4.99 Å². The van der Waals surface area contributed by atoms with Crippen molar-refractivity contribution >= 4 is 34.4 Å². The Morgan fingerprint density at radius 3 is 2.04 bits per heavy atom. The summed E-state index contributed by atoms with van der Waals surface area (Å²) >= 11 is 0. The molecule has 0 saturated carbocycles. The van der Waals surface area contributed by atoms with Crippen molar-refractivity contribution in [3.8, 4) is 0 Å². The van der Waals surface area contributed by atoms with Gasteiger partial charge in [0.1, 0.15) is 0 Å². The van der Waals surface area contributed by atoms with E-state index in [1.807, 2.05) is 18.2 Å². The molecule has 0 spiro atoms. The molecule has 0 saturated heterocycles. The number of benzene rings is 2. The molecule has 0 atom stereocenters. The SMILES string of the molecule is CC1=NN(c2ccccc2)C(=O)C1=Nc1c(C)c(C)c([N+](=O)[O-])c(C)c1C. The second kappa shape index (κ2) is 6.75. The van der Waals surface area contributed by atoms with Crippen LogP contribution in [0.15, 0.2) is 40.4 Å². The van der Waals surface area contributed by atoms with Gasteiger partial charge in [0.15, 0.2) is 5.71 Å². The van der Waals surface area contributed by atoms with Gasteiger partial charge in [-0.3, -0.25) is 14.9 Å². The number of amides is 1. The molecule has 7 nitrogen and oxygen atoms in total. The molecule has 0 bridgehead atoms. The van der Waals surface area contributed by atoms with E-state index in [-0.39, 0.29) is 22.2 Å². The lowest BCUT2D eigenvalue weighted by molar-refractivity contribution is -0.386. The van der Waals surface area contributed by atoms with Crippen molar-refractivity contribution < 1.29 is 9.72 Å². The number of carbonyl (C=O) groups is 1. The van der Waals surface area contributed by atoms with E-state index in [1.54, 1.807) is 46.8 Å². The zero-order valence-electron chi connectivity index (χ0n) is 15.9. The molecule has 2 aromatic rings. The van der Waals surface area contributed by atoms with Gasteiger partial charge in [-0.05, 0) is 57.9 Å². The molecule has 1 aliphatic heterocycles. The van der Waals surface area contributed by atoms with Gasteiger partial charge in [0.25, 0.3) is 11.6 Å². The van der Waals surface area contributed by atoms with E-state index < -0.39 is 0 Å². The van der Waals surface area contributed by atoms with Crippen LogP contribution in [0.25, 0.3) is 0 Å². The van der Waals surface area contributed by atoms with Gasteiger partial charge in [-0.15, -0.1) is 0 Å². The van der Waals surface area contributed by atoms with Gasteiger partial charge in [0.2, 0.25) is 0 Å². The fraction of sp³-hybridized carbons (Fsp3) is 0.250. The summed E-state index contributed by atoms with van der Waals surface area (Å²) in [5, 5.41) is 17.0. The molecule has 1 aliphatic rings. The zero-order valence-corrected chi connectivity index (χ0v) is 15.9. The summed E-state index contributed by atoms with van der Waals surface area (Å²) in [6.45, 7) is 8.72. The van der Waals surface area contributed by atoms with E-state index in [9.17, 15) is 14.9 Å². The molecule has 7 heteroatoms. The summed E-state index contributed by atoms with van der Waals surface area (Å²) in [5.41, 5.74) is 4.61. The first-order chi connectivity index (χ1) is 12.7. The van der Waals surface area contributed by atoms with Crippen LogP contribution in [-0.2, 0) is 4.79 Å². The molecule has 3 rings (SSSR count). The summed E-state index contributed by atoms with van der Waals surface area (Å²) in [6.07, 6.45) is 0. The van der Waals surface area contributed by atoms with Crippen LogP contribution in [-0.4, -0.2) is 22.3 Å². The Morgan fingerprint density at radius 1 is 0.963 bits per heavy atom. The minimum Gasteiger partial charge on any atom is -0.265 e. The highest BCUT2D eigenvalue weighted by atomic mass is 16.6. The van der Waals surface area contributed by atoms with Gasteiger partial charge in [-0.2, -0.15) is 10.1 Å². The van der Waals surface area contributed by atoms with Crippen LogP contribution in [0.1, 0.15) is 29.2 Å². The Balaban J connectivity index is 2.12. The average Bonchev–Trinajstić information content (AvgIpc) is 2.92. The van der Waals surface area contributed by atoms with Crippen molar-refractivity contribution in [3.63, 3.8) is 0 Å². The molecule has 1 amide bonds. The quantitative estimate of drug-likeness (QED) is 0.600. The Bertz CT molecular complexity index is 994. The fourth-order valence-electron chi connectivity index (χ4n) is 3.20. The van der Waals surface area contributed by atoms with Crippen LogP contribution in [0, 0.1) is 37.8 Å². The Morgan fingerprint density at radius 2 is 1.52 bits per heavy atom. The Kier molecular flexibility index (Phi) is 4.61. The molecule has 0 fully saturated rings. The molecule has 0 unspecified atom stereocenters. The lowest BCUT2D eigenvalue weighted by Gasteiger charge is -2.14. The number of hydrogen-bond acceptors (Lipinski definition) is 5. The molecule has 0 radical (unpaired) electrons. The number of hydrazone groups is 1. The van der Waals surface area contributed by atoms with Crippen molar-refractivity contribution in [2.75, 3.05) is 5.01 Å². The lowest BCUT2D eigenvalue weighted by Crippen LogP contribution is -2.27. The number of carbonyl (C=O) groups excluding carboxylic acids is 1. The molecule has 0 N–H and O–H groups in total. The lowest BCUT2D eigenvalue weighted by atomic mass is 9.96. The third-order valence-electron chi connectivity index (χ3n) is 4.94. The van der Waals surface area contributed by atoms with Crippen molar-refractivity contribution in [1.82, 2.24) is 0 Å². The largest absolute Gasteiger partial charge is 0.299 e. The number of anilines is 1. The van der Waals surface area contributed by atoms with Crippen molar-refractivity contribution in [1.29, 1.82) is 0 Å². The monoisotopic (exact) mass is 364 g/mol. The number of nitro groups is 1. The van der Waals surface area contributed by atoms with Gasteiger partial charge < -0.3 is 0 Å². The van der Waals surface area contributed by atoms with Crippen LogP contribution in [0.2, 0.25) is 0 Å². The van der Waals surface area contributed by atoms with Crippen LogP contribution in [0.5, 0.6) is 0 Å². The number of rotatable bonds is 3. The molecule has 0 aromatic heterocycles. The van der Waals surface area contributed by atoms with Gasteiger partial charge >= 0.3 is 0 Å². The minimum atomic E-state index is -0.369. The first kappa shape index (κ1) is 18.4. The Hall–Kier alpha value is -3.35. The van der Waals surface area contributed by atoms with E-state index in [0.717, 1.165) is 0 Å². The van der Waals surface area contributed by atoms with E-state index >= 15 is 0 Å². The average molecular weight is 364 g/mol. The molecule has 138 valence electrons. The zero-order chi connectivity index (χ0) is 19.9. The van der Waals surface area contributed by atoms with E-state index in [1.165, 1.54) is 5.01 Å². The number of nitro benzene ring substituents is 1. The highest BCUT2D eigenvalue weighted by Gasteiger charge is 2.31. The normalized spacial score (nSPS) is 15.4. The number of hydrogen-bond donors (Lipinski definition) is 0. The van der Waals surface area contributed by atoms with Gasteiger partial charge in [0, 0.05) is 11.1 Å². The predicted molar refractivity (Wildman–Crippen MR) is 106 cm³/mol. The number of nitrogens with zero attached hydrogens (tertiary/aromatic N) is 4. The maximum Gasteiger partial charge on any atom is 0.299 e. The third-order valence-corrected chi connectivity index (χ3v) is 4.94. The minimum absolute atomic E-state index is 0.1000. The standard InChI is InChI=1S/C20H20N4O3/c1-11-13(3)19(24(26)27)14(4)12(2)17(11)21-18-15(5)22-23(20(18)25)16-9-7-6-8-10-16/h6-10H,1-5H3. The first-order valence-corrected chi connectivity index (χ1v) is 8.52. The predicted octanol–water partition coefficient (Wildman–Crippen LogP) is 4.32. The summed E-state index contributed by atoms with van der Waals surface area (Å²) in [7, 11) is 0. The number of para-hydroxylation sites is 1. The van der Waals surface area contributed by atoms with E-state index in [4.69, 9.17) is 0 Å². The summed E-state index contributed by atoms with van der Waals surface area (Å²) < 4.78 is 0. The fourth-order valence-corrected chi connectivity index (χ4v) is 3.20. The molecule has 1 heterocycles.